The van der Waals surface area contributed by atoms with Crippen molar-refractivity contribution in [3.8, 4) is 12.5 Å². The predicted molar refractivity (Wildman–Crippen MR) is 29.0 cm³/mol. The van der Waals surface area contributed by atoms with Crippen molar-refractivity contribution in [2.24, 2.45) is 0 Å². The molecule has 0 aromatic carbocycles. The summed E-state index contributed by atoms with van der Waals surface area (Å²) in [6.07, 6.45) is 5.99. The first kappa shape index (κ1) is 7.05. The molecule has 0 aliphatic heterocycles. The Labute approximate surface area is 48.1 Å². The Bertz CT molecular complexity index is 206. The maximum Gasteiger partial charge on any atom is 0.339 e. The van der Waals surface area contributed by atoms with Crippen LogP contribution in [0.1, 0.15) is 0 Å². The number of terminal acetylenes is 1. The van der Waals surface area contributed by atoms with E-state index in [0.717, 1.165) is 0 Å². The summed E-state index contributed by atoms with van der Waals surface area (Å²) in [6, 6.07) is 0. The van der Waals surface area contributed by atoms with Gasteiger partial charge in [-0.1, -0.05) is 13.0 Å². The molecular formula is C4H4O3S. The van der Waals surface area contributed by atoms with Gasteiger partial charge in [0.1, 0.15) is 6.11 Å². The van der Waals surface area contributed by atoms with Crippen LogP contribution in [0.15, 0.2) is 12.0 Å². The molecule has 0 aliphatic carbocycles. The van der Waals surface area contributed by atoms with E-state index in [0.29, 0.717) is 5.41 Å². The predicted octanol–water partition coefficient (Wildman–Crippen LogP) is 0.0670. The minimum atomic E-state index is -3.64. The maximum absolute atomic E-state index is 10.1. The first-order valence-corrected chi connectivity index (χ1v) is 3.11. The van der Waals surface area contributed by atoms with Gasteiger partial charge in [0.25, 0.3) is 0 Å². The molecule has 0 amide bonds. The standard InChI is InChI=1S/C4H4O3S/c1-3-7-8(5,6)4-2/h1,4H,2H2. The molecule has 0 fully saturated rings. The van der Waals surface area contributed by atoms with Gasteiger partial charge in [-0.2, -0.15) is 8.42 Å². The van der Waals surface area contributed by atoms with E-state index >= 15 is 0 Å². The van der Waals surface area contributed by atoms with Gasteiger partial charge in [-0.15, -0.1) is 0 Å². The molecule has 0 bridgehead atoms. The van der Waals surface area contributed by atoms with Gasteiger partial charge in [-0.25, -0.2) is 0 Å². The molecule has 0 spiro atoms. The number of hydrogen-bond donors (Lipinski definition) is 0. The lowest BCUT2D eigenvalue weighted by Gasteiger charge is -1.87. The van der Waals surface area contributed by atoms with Crippen molar-refractivity contribution in [2.75, 3.05) is 0 Å². The summed E-state index contributed by atoms with van der Waals surface area (Å²) < 4.78 is 24.0. The normalized spacial score (nSPS) is 9.38. The van der Waals surface area contributed by atoms with E-state index in [9.17, 15) is 8.42 Å². The molecular weight excluding hydrogens is 128 g/mol. The summed E-state index contributed by atoms with van der Waals surface area (Å²) in [5.41, 5.74) is 0. The van der Waals surface area contributed by atoms with E-state index in [-0.39, 0.29) is 0 Å². The van der Waals surface area contributed by atoms with Crippen LogP contribution in [0.25, 0.3) is 0 Å². The quantitative estimate of drug-likeness (QED) is 0.394. The zero-order valence-corrected chi connectivity index (χ0v) is 4.81. The van der Waals surface area contributed by atoms with Crippen LogP contribution in [0.3, 0.4) is 0 Å². The van der Waals surface area contributed by atoms with Gasteiger partial charge in [-0.3, -0.25) is 0 Å². The smallest absolute Gasteiger partial charge is 0.325 e. The Morgan fingerprint density at radius 2 is 2.25 bits per heavy atom. The fraction of sp³-hybridized carbons (Fsp3) is 0. The second kappa shape index (κ2) is 2.38. The van der Waals surface area contributed by atoms with Crippen molar-refractivity contribution in [1.29, 1.82) is 0 Å². The van der Waals surface area contributed by atoms with Gasteiger partial charge in [0.2, 0.25) is 0 Å². The van der Waals surface area contributed by atoms with E-state index in [1.165, 1.54) is 6.11 Å². The molecule has 0 N–H and O–H groups in total. The van der Waals surface area contributed by atoms with Crippen LogP contribution in [0.5, 0.6) is 0 Å². The fourth-order valence-electron chi connectivity index (χ4n) is 0.101. The maximum atomic E-state index is 10.1. The van der Waals surface area contributed by atoms with Gasteiger partial charge >= 0.3 is 10.1 Å². The van der Waals surface area contributed by atoms with Crippen molar-refractivity contribution in [3.63, 3.8) is 0 Å². The van der Waals surface area contributed by atoms with Crippen molar-refractivity contribution >= 4 is 10.1 Å². The Morgan fingerprint density at radius 3 is 2.38 bits per heavy atom. The lowest BCUT2D eigenvalue weighted by atomic mass is 11.3. The van der Waals surface area contributed by atoms with E-state index in [4.69, 9.17) is 0 Å². The number of rotatable bonds is 2. The van der Waals surface area contributed by atoms with Crippen molar-refractivity contribution in [2.45, 2.75) is 0 Å². The van der Waals surface area contributed by atoms with Crippen LogP contribution in [0.2, 0.25) is 0 Å². The van der Waals surface area contributed by atoms with Crippen LogP contribution in [0.4, 0.5) is 0 Å². The first-order valence-electron chi connectivity index (χ1n) is 1.64. The highest BCUT2D eigenvalue weighted by atomic mass is 32.2. The summed E-state index contributed by atoms with van der Waals surface area (Å²) in [5.74, 6) is 0. The third kappa shape index (κ3) is 2.26. The second-order valence-electron chi connectivity index (χ2n) is 0.861. The average Bonchev–Trinajstić information content (AvgIpc) is 1.67. The minimum absolute atomic E-state index is 0.632. The Morgan fingerprint density at radius 1 is 1.75 bits per heavy atom. The largest absolute Gasteiger partial charge is 0.339 e. The highest BCUT2D eigenvalue weighted by Crippen LogP contribution is 1.88. The summed E-state index contributed by atoms with van der Waals surface area (Å²) in [4.78, 5) is 0. The van der Waals surface area contributed by atoms with E-state index < -0.39 is 10.1 Å². The number of hydrogen-bond acceptors (Lipinski definition) is 3. The van der Waals surface area contributed by atoms with Crippen LogP contribution in [-0.4, -0.2) is 8.42 Å². The van der Waals surface area contributed by atoms with Crippen molar-refractivity contribution in [3.05, 3.63) is 12.0 Å². The van der Waals surface area contributed by atoms with Gasteiger partial charge in [0, 0.05) is 0 Å². The molecule has 0 unspecified atom stereocenters. The van der Waals surface area contributed by atoms with Crippen molar-refractivity contribution in [1.82, 2.24) is 0 Å². The molecule has 0 rings (SSSR count). The van der Waals surface area contributed by atoms with Crippen LogP contribution >= 0.6 is 0 Å². The third-order valence-corrected chi connectivity index (χ3v) is 1.11. The summed E-state index contributed by atoms with van der Waals surface area (Å²) in [6.45, 7) is 2.94. The molecule has 0 saturated carbocycles. The Balaban J connectivity index is 4.23. The second-order valence-corrected chi connectivity index (χ2v) is 2.35. The summed E-state index contributed by atoms with van der Waals surface area (Å²) >= 11 is 0. The molecule has 4 heteroatoms. The zero-order valence-electron chi connectivity index (χ0n) is 3.99. The van der Waals surface area contributed by atoms with Crippen LogP contribution in [0, 0.1) is 12.5 Å². The van der Waals surface area contributed by atoms with Crippen LogP contribution in [-0.2, 0) is 14.3 Å². The topological polar surface area (TPSA) is 43.4 Å². The van der Waals surface area contributed by atoms with Gasteiger partial charge < -0.3 is 4.18 Å². The highest BCUT2D eigenvalue weighted by Gasteiger charge is 1.98. The van der Waals surface area contributed by atoms with Gasteiger partial charge in [-0.05, 0) is 0 Å². The van der Waals surface area contributed by atoms with E-state index in [1.807, 2.05) is 0 Å². The molecule has 0 aliphatic rings. The molecule has 0 radical (unpaired) electrons. The van der Waals surface area contributed by atoms with Crippen LogP contribution < -0.4 is 0 Å². The van der Waals surface area contributed by atoms with Gasteiger partial charge in [0.05, 0.1) is 5.41 Å². The average molecular weight is 132 g/mol. The molecule has 0 saturated heterocycles. The minimum Gasteiger partial charge on any atom is -0.325 e. The zero-order chi connectivity index (χ0) is 6.62. The Kier molecular flexibility index (Phi) is 2.10. The van der Waals surface area contributed by atoms with Crippen molar-refractivity contribution < 1.29 is 12.6 Å². The fourth-order valence-corrected chi connectivity index (χ4v) is 0.303. The molecule has 0 atom stereocenters. The molecule has 0 aromatic heterocycles. The molecule has 44 valence electrons. The van der Waals surface area contributed by atoms with E-state index in [2.05, 4.69) is 17.2 Å². The summed E-state index contributed by atoms with van der Waals surface area (Å²) in [5, 5.41) is 0.632. The monoisotopic (exact) mass is 132 g/mol. The molecule has 0 heterocycles. The van der Waals surface area contributed by atoms with E-state index in [1.54, 1.807) is 0 Å². The van der Waals surface area contributed by atoms with Gasteiger partial charge in [0.15, 0.2) is 0 Å². The molecule has 8 heavy (non-hydrogen) atoms. The Hall–Kier alpha value is -0.950. The lowest BCUT2D eigenvalue weighted by Crippen LogP contribution is -1.93. The third-order valence-electron chi connectivity index (χ3n) is 0.368. The molecule has 3 nitrogen and oxygen atoms in total. The summed E-state index contributed by atoms with van der Waals surface area (Å²) in [7, 11) is -3.64. The first-order chi connectivity index (χ1) is 3.62. The lowest BCUT2D eigenvalue weighted by molar-refractivity contribution is 0.476. The molecule has 0 aromatic rings. The SMILES string of the molecule is C#COS(=O)(=O)C=C. The highest BCUT2D eigenvalue weighted by molar-refractivity contribution is 7.89.